The Morgan fingerprint density at radius 1 is 1.14 bits per heavy atom. The number of hydrogen-bond acceptors (Lipinski definition) is 4. The third-order valence-electron chi connectivity index (χ3n) is 6.44. The molecule has 0 aliphatic carbocycles. The van der Waals surface area contributed by atoms with E-state index in [9.17, 15) is 9.59 Å². The van der Waals surface area contributed by atoms with Gasteiger partial charge in [0.25, 0.3) is 0 Å². The van der Waals surface area contributed by atoms with Crippen molar-refractivity contribution < 1.29 is 19.1 Å². The summed E-state index contributed by atoms with van der Waals surface area (Å²) in [7, 11) is 1.65. The fourth-order valence-corrected chi connectivity index (χ4v) is 4.66. The van der Waals surface area contributed by atoms with E-state index >= 15 is 0 Å². The first-order valence-corrected chi connectivity index (χ1v) is 12.2. The van der Waals surface area contributed by atoms with E-state index in [0.29, 0.717) is 19.6 Å². The van der Waals surface area contributed by atoms with Gasteiger partial charge in [0.2, 0.25) is 5.91 Å². The van der Waals surface area contributed by atoms with Gasteiger partial charge in [0.15, 0.2) is 0 Å². The Morgan fingerprint density at radius 2 is 1.89 bits per heavy atom. The molecule has 2 atom stereocenters. The number of piperidine rings is 1. The number of benzene rings is 2. The number of carbonyl (C=O) groups is 2. The van der Waals surface area contributed by atoms with E-state index in [2.05, 4.69) is 22.4 Å². The number of para-hydroxylation sites is 1. The SMILES string of the molecule is COc1ccc(C(CNC(=O)C2CCCN(C(=O)OC(C)(C)C)C2)c2c[nH]c3ccccc23)cc1. The maximum Gasteiger partial charge on any atom is 0.410 e. The van der Waals surface area contributed by atoms with Crippen molar-refractivity contribution in [2.75, 3.05) is 26.7 Å². The molecule has 2 unspecified atom stereocenters. The molecule has 186 valence electrons. The number of aromatic nitrogens is 1. The minimum absolute atomic E-state index is 0.0309. The second kappa shape index (κ2) is 10.4. The van der Waals surface area contributed by atoms with Crippen LogP contribution in [0.1, 0.15) is 50.7 Å². The van der Waals surface area contributed by atoms with Gasteiger partial charge < -0.3 is 24.7 Å². The van der Waals surface area contributed by atoms with Crippen LogP contribution in [0.2, 0.25) is 0 Å². The van der Waals surface area contributed by atoms with Crippen LogP contribution in [0.25, 0.3) is 10.9 Å². The molecule has 2 amide bonds. The van der Waals surface area contributed by atoms with Crippen LogP contribution in [0.15, 0.2) is 54.7 Å². The van der Waals surface area contributed by atoms with E-state index in [1.807, 2.05) is 63.4 Å². The average Bonchev–Trinajstić information content (AvgIpc) is 3.27. The zero-order valence-corrected chi connectivity index (χ0v) is 21.0. The average molecular weight is 478 g/mol. The smallest absolute Gasteiger partial charge is 0.410 e. The number of rotatable bonds is 6. The maximum absolute atomic E-state index is 13.2. The fourth-order valence-electron chi connectivity index (χ4n) is 4.66. The first-order chi connectivity index (χ1) is 16.7. The highest BCUT2D eigenvalue weighted by Gasteiger charge is 2.31. The van der Waals surface area contributed by atoms with Gasteiger partial charge in [-0.1, -0.05) is 30.3 Å². The van der Waals surface area contributed by atoms with Crippen molar-refractivity contribution in [1.82, 2.24) is 15.2 Å². The number of likely N-dealkylation sites (tertiary alicyclic amines) is 1. The maximum atomic E-state index is 13.2. The Morgan fingerprint density at radius 3 is 2.60 bits per heavy atom. The van der Waals surface area contributed by atoms with Crippen LogP contribution in [-0.2, 0) is 9.53 Å². The van der Waals surface area contributed by atoms with Crippen LogP contribution in [-0.4, -0.2) is 54.2 Å². The lowest BCUT2D eigenvalue weighted by Gasteiger charge is -2.33. The van der Waals surface area contributed by atoms with Gasteiger partial charge >= 0.3 is 6.09 Å². The van der Waals surface area contributed by atoms with Gasteiger partial charge in [-0.05, 0) is 62.9 Å². The molecule has 2 aromatic carbocycles. The summed E-state index contributed by atoms with van der Waals surface area (Å²) < 4.78 is 10.8. The van der Waals surface area contributed by atoms with Crippen LogP contribution >= 0.6 is 0 Å². The fraction of sp³-hybridized carbons (Fsp3) is 0.429. The molecule has 1 fully saturated rings. The molecule has 4 rings (SSSR count). The summed E-state index contributed by atoms with van der Waals surface area (Å²) in [5.41, 5.74) is 2.73. The number of nitrogens with one attached hydrogen (secondary N) is 2. The van der Waals surface area contributed by atoms with Crippen LogP contribution in [0.4, 0.5) is 4.79 Å². The van der Waals surface area contributed by atoms with E-state index in [0.717, 1.165) is 40.6 Å². The molecule has 0 spiro atoms. The number of methoxy groups -OCH3 is 1. The molecular weight excluding hydrogens is 442 g/mol. The molecule has 7 nitrogen and oxygen atoms in total. The minimum atomic E-state index is -0.558. The van der Waals surface area contributed by atoms with Gasteiger partial charge in [-0.15, -0.1) is 0 Å². The van der Waals surface area contributed by atoms with Crippen LogP contribution in [0.3, 0.4) is 0 Å². The summed E-state index contributed by atoms with van der Waals surface area (Å²) in [5.74, 6) is 0.471. The number of nitrogens with zero attached hydrogens (tertiary/aromatic N) is 1. The minimum Gasteiger partial charge on any atom is -0.497 e. The van der Waals surface area contributed by atoms with Crippen molar-refractivity contribution >= 4 is 22.9 Å². The van der Waals surface area contributed by atoms with Gasteiger partial charge in [-0.3, -0.25) is 4.79 Å². The van der Waals surface area contributed by atoms with Gasteiger partial charge in [0.05, 0.1) is 13.0 Å². The zero-order chi connectivity index (χ0) is 25.0. The van der Waals surface area contributed by atoms with E-state index in [1.54, 1.807) is 12.0 Å². The highest BCUT2D eigenvalue weighted by Crippen LogP contribution is 2.31. The zero-order valence-electron chi connectivity index (χ0n) is 21.0. The molecule has 2 N–H and O–H groups in total. The number of aromatic amines is 1. The second-order valence-corrected chi connectivity index (χ2v) is 10.1. The largest absolute Gasteiger partial charge is 0.497 e. The van der Waals surface area contributed by atoms with Gasteiger partial charge in [0, 0.05) is 42.7 Å². The number of hydrogen-bond donors (Lipinski definition) is 2. The Bertz CT molecular complexity index is 1160. The van der Waals surface area contributed by atoms with Gasteiger partial charge in [-0.2, -0.15) is 0 Å². The summed E-state index contributed by atoms with van der Waals surface area (Å²) in [6, 6.07) is 16.2. The summed E-state index contributed by atoms with van der Waals surface area (Å²) in [6.45, 7) is 6.99. The van der Waals surface area contributed by atoms with Crippen LogP contribution in [0, 0.1) is 5.92 Å². The molecule has 0 bridgehead atoms. The number of fused-ring (bicyclic) bond motifs is 1. The predicted octanol–water partition coefficient (Wildman–Crippen LogP) is 5.07. The monoisotopic (exact) mass is 477 g/mol. The van der Waals surface area contributed by atoms with E-state index in [1.165, 1.54) is 0 Å². The molecule has 2 heterocycles. The Hall–Kier alpha value is -3.48. The molecular formula is C28H35N3O4. The molecule has 1 aliphatic rings. The highest BCUT2D eigenvalue weighted by atomic mass is 16.6. The van der Waals surface area contributed by atoms with Gasteiger partial charge in [0.1, 0.15) is 11.4 Å². The topological polar surface area (TPSA) is 83.7 Å². The quantitative estimate of drug-likeness (QED) is 0.519. The molecule has 0 radical (unpaired) electrons. The van der Waals surface area contributed by atoms with Crippen molar-refractivity contribution in [1.29, 1.82) is 0 Å². The van der Waals surface area contributed by atoms with E-state index in [4.69, 9.17) is 9.47 Å². The highest BCUT2D eigenvalue weighted by molar-refractivity contribution is 5.84. The number of carbonyl (C=O) groups excluding carboxylic acids is 2. The van der Waals surface area contributed by atoms with E-state index < -0.39 is 5.60 Å². The van der Waals surface area contributed by atoms with Crippen molar-refractivity contribution in [3.63, 3.8) is 0 Å². The lowest BCUT2D eigenvalue weighted by atomic mass is 9.90. The first kappa shape index (κ1) is 24.6. The molecule has 1 aromatic heterocycles. The molecule has 1 saturated heterocycles. The van der Waals surface area contributed by atoms with Crippen LogP contribution in [0.5, 0.6) is 5.75 Å². The summed E-state index contributed by atoms with van der Waals surface area (Å²) in [4.78, 5) is 30.7. The van der Waals surface area contributed by atoms with Crippen LogP contribution < -0.4 is 10.1 Å². The van der Waals surface area contributed by atoms with E-state index in [-0.39, 0.29) is 23.8 Å². The summed E-state index contributed by atoms with van der Waals surface area (Å²) in [6.07, 6.45) is 3.20. The molecule has 3 aromatic rings. The predicted molar refractivity (Wildman–Crippen MR) is 137 cm³/mol. The molecule has 35 heavy (non-hydrogen) atoms. The van der Waals surface area contributed by atoms with Crippen molar-refractivity contribution in [3.8, 4) is 5.75 Å². The molecule has 0 saturated carbocycles. The number of ether oxygens (including phenoxy) is 2. The van der Waals surface area contributed by atoms with Gasteiger partial charge in [-0.25, -0.2) is 4.79 Å². The Balaban J connectivity index is 1.49. The number of amides is 2. The third kappa shape index (κ3) is 5.96. The van der Waals surface area contributed by atoms with Crippen molar-refractivity contribution in [2.24, 2.45) is 5.92 Å². The van der Waals surface area contributed by atoms with Crippen molar-refractivity contribution in [3.05, 3.63) is 65.9 Å². The Labute approximate surface area is 206 Å². The summed E-state index contributed by atoms with van der Waals surface area (Å²) in [5, 5.41) is 4.31. The molecule has 1 aliphatic heterocycles. The summed E-state index contributed by atoms with van der Waals surface area (Å²) >= 11 is 0. The number of H-pyrrole nitrogens is 1. The lowest BCUT2D eigenvalue weighted by molar-refractivity contribution is -0.126. The third-order valence-corrected chi connectivity index (χ3v) is 6.44. The normalized spacial score (nSPS) is 17.1. The van der Waals surface area contributed by atoms with Crippen molar-refractivity contribution in [2.45, 2.75) is 45.1 Å². The standard InChI is InChI=1S/C28H35N3O4/c1-28(2,3)35-27(33)31-15-7-8-20(18-31)26(32)30-16-23(19-11-13-21(34-4)14-12-19)24-17-29-25-10-6-5-9-22(24)25/h5-6,9-14,17,20,23,29H,7-8,15-16,18H2,1-4H3,(H,30,32). The lowest BCUT2D eigenvalue weighted by Crippen LogP contribution is -2.47. The molecule has 7 heteroatoms. The second-order valence-electron chi connectivity index (χ2n) is 10.1. The first-order valence-electron chi connectivity index (χ1n) is 12.2. The Kier molecular flexibility index (Phi) is 7.34.